The van der Waals surface area contributed by atoms with Crippen LogP contribution in [0.15, 0.2) is 5.11 Å². The Morgan fingerprint density at radius 2 is 2.31 bits per heavy atom. The summed E-state index contributed by atoms with van der Waals surface area (Å²) in [6.07, 6.45) is 1.97. The molecule has 0 aromatic carbocycles. The quantitative estimate of drug-likeness (QED) is 0.226. The maximum Gasteiger partial charge on any atom is 0.323 e. The van der Waals surface area contributed by atoms with Gasteiger partial charge in [-0.05, 0) is 17.9 Å². The van der Waals surface area contributed by atoms with Gasteiger partial charge in [0.05, 0.1) is 7.11 Å². The van der Waals surface area contributed by atoms with E-state index in [1.165, 1.54) is 7.11 Å². The minimum absolute atomic E-state index is 0.212. The third-order valence-electron chi connectivity index (χ3n) is 2.41. The highest BCUT2D eigenvalue weighted by molar-refractivity contribution is 5.75. The zero-order valence-corrected chi connectivity index (χ0v) is 10.1. The van der Waals surface area contributed by atoms with Crippen molar-refractivity contribution in [1.29, 1.82) is 0 Å². The second-order valence-corrected chi connectivity index (χ2v) is 3.68. The Hall–Kier alpha value is -1.26. The molecule has 2 atom stereocenters. The fourth-order valence-corrected chi connectivity index (χ4v) is 1.58. The van der Waals surface area contributed by atoms with Crippen molar-refractivity contribution in [3.63, 3.8) is 0 Å². The van der Waals surface area contributed by atoms with E-state index in [0.29, 0.717) is 13.1 Å². The lowest BCUT2D eigenvalue weighted by atomic mass is 9.97. The highest BCUT2D eigenvalue weighted by atomic mass is 16.5. The molecule has 0 aliphatic rings. The fourth-order valence-electron chi connectivity index (χ4n) is 1.58. The molecule has 0 spiro atoms. The van der Waals surface area contributed by atoms with Gasteiger partial charge in [0, 0.05) is 18.0 Å². The fraction of sp³-hybridized carbons (Fsp3) is 0.900. The van der Waals surface area contributed by atoms with Crippen molar-refractivity contribution in [2.45, 2.75) is 32.7 Å². The van der Waals surface area contributed by atoms with E-state index in [0.717, 1.165) is 12.8 Å². The van der Waals surface area contributed by atoms with Crippen molar-refractivity contribution in [3.8, 4) is 0 Å². The van der Waals surface area contributed by atoms with Gasteiger partial charge in [-0.3, -0.25) is 4.79 Å². The minimum atomic E-state index is -0.321. The Morgan fingerprint density at radius 3 is 2.81 bits per heavy atom. The maximum atomic E-state index is 11.5. The van der Waals surface area contributed by atoms with Gasteiger partial charge >= 0.3 is 5.97 Å². The summed E-state index contributed by atoms with van der Waals surface area (Å²) < 4.78 is 4.73. The first kappa shape index (κ1) is 14.7. The molecule has 6 heteroatoms. The van der Waals surface area contributed by atoms with Gasteiger partial charge in [0.1, 0.15) is 6.04 Å². The number of nitrogens with one attached hydrogen (secondary N) is 1. The average Bonchev–Trinajstić information content (AvgIpc) is 2.28. The van der Waals surface area contributed by atoms with Gasteiger partial charge in [-0.2, -0.15) is 0 Å². The number of nitrogens with zero attached hydrogens (tertiary/aromatic N) is 3. The molecule has 16 heavy (non-hydrogen) atoms. The van der Waals surface area contributed by atoms with Gasteiger partial charge < -0.3 is 10.1 Å². The van der Waals surface area contributed by atoms with Crippen molar-refractivity contribution in [1.82, 2.24) is 5.32 Å². The number of carbonyl (C=O) groups is 1. The smallest absolute Gasteiger partial charge is 0.323 e. The van der Waals surface area contributed by atoms with Gasteiger partial charge in [-0.25, -0.2) is 0 Å². The van der Waals surface area contributed by atoms with E-state index in [1.54, 1.807) is 0 Å². The highest BCUT2D eigenvalue weighted by Crippen LogP contribution is 2.11. The monoisotopic (exact) mass is 228 g/mol. The Labute approximate surface area is 96.0 Å². The first-order chi connectivity index (χ1) is 7.67. The first-order valence-electron chi connectivity index (χ1n) is 5.49. The number of methoxy groups -OCH3 is 1. The lowest BCUT2D eigenvalue weighted by Gasteiger charge is -2.22. The molecule has 1 N–H and O–H groups in total. The van der Waals surface area contributed by atoms with E-state index in [9.17, 15) is 4.79 Å². The van der Waals surface area contributed by atoms with E-state index in [1.807, 2.05) is 6.92 Å². The zero-order valence-electron chi connectivity index (χ0n) is 10.1. The summed E-state index contributed by atoms with van der Waals surface area (Å²) in [5.41, 5.74) is 8.12. The van der Waals surface area contributed by atoms with Crippen LogP contribution in [-0.2, 0) is 9.53 Å². The molecule has 0 heterocycles. The summed E-state index contributed by atoms with van der Waals surface area (Å²) in [7, 11) is 1.38. The molecule has 0 saturated carbocycles. The standard InChI is InChI=1S/C10H20N4O2/c1-4-5-8(2)9(10(15)16-3)12-6-7-13-14-11/h8-9,12H,4-7H2,1-3H3. The highest BCUT2D eigenvalue weighted by Gasteiger charge is 2.24. The molecular weight excluding hydrogens is 208 g/mol. The zero-order chi connectivity index (χ0) is 12.4. The molecule has 0 aliphatic heterocycles. The Kier molecular flexibility index (Phi) is 8.29. The number of hydrogen-bond donors (Lipinski definition) is 1. The number of esters is 1. The molecule has 0 bridgehead atoms. The lowest BCUT2D eigenvalue weighted by Crippen LogP contribution is -2.43. The third-order valence-corrected chi connectivity index (χ3v) is 2.41. The van der Waals surface area contributed by atoms with Crippen molar-refractivity contribution in [2.75, 3.05) is 20.2 Å². The van der Waals surface area contributed by atoms with Crippen molar-refractivity contribution in [2.24, 2.45) is 11.0 Å². The predicted octanol–water partition coefficient (Wildman–Crippen LogP) is 1.86. The number of rotatable bonds is 8. The van der Waals surface area contributed by atoms with Gasteiger partial charge in [0.2, 0.25) is 0 Å². The maximum absolute atomic E-state index is 11.5. The molecular formula is C10H20N4O2. The van der Waals surface area contributed by atoms with Crippen LogP contribution in [0, 0.1) is 5.92 Å². The second kappa shape index (κ2) is 9.00. The topological polar surface area (TPSA) is 87.1 Å². The molecule has 2 unspecified atom stereocenters. The van der Waals surface area contributed by atoms with Gasteiger partial charge in [-0.15, -0.1) is 0 Å². The van der Waals surface area contributed by atoms with E-state index >= 15 is 0 Å². The largest absolute Gasteiger partial charge is 0.468 e. The summed E-state index contributed by atoms with van der Waals surface area (Å²) in [4.78, 5) is 14.2. The van der Waals surface area contributed by atoms with Gasteiger partial charge in [0.25, 0.3) is 0 Å². The van der Waals surface area contributed by atoms with Gasteiger partial charge in [-0.1, -0.05) is 25.4 Å². The van der Waals surface area contributed by atoms with Crippen molar-refractivity contribution >= 4 is 5.97 Å². The number of azide groups is 1. The van der Waals surface area contributed by atoms with Crippen LogP contribution in [0.2, 0.25) is 0 Å². The molecule has 0 saturated heterocycles. The molecule has 0 aromatic heterocycles. The van der Waals surface area contributed by atoms with Crippen LogP contribution in [-0.4, -0.2) is 32.2 Å². The van der Waals surface area contributed by atoms with Crippen LogP contribution in [0.5, 0.6) is 0 Å². The molecule has 0 aromatic rings. The summed E-state index contributed by atoms with van der Waals surface area (Å²) in [5.74, 6) is -0.0506. The molecule has 0 aliphatic carbocycles. The SMILES string of the molecule is CCCC(C)C(NCCN=[N+]=[N-])C(=O)OC. The summed E-state index contributed by atoms with van der Waals surface area (Å²) in [6, 6.07) is -0.321. The van der Waals surface area contributed by atoms with Crippen LogP contribution in [0.4, 0.5) is 0 Å². The molecule has 6 nitrogen and oxygen atoms in total. The van der Waals surface area contributed by atoms with Crippen LogP contribution < -0.4 is 5.32 Å². The first-order valence-corrected chi connectivity index (χ1v) is 5.49. The molecule has 0 amide bonds. The molecule has 0 radical (unpaired) electrons. The summed E-state index contributed by atoms with van der Waals surface area (Å²) >= 11 is 0. The van der Waals surface area contributed by atoms with Crippen LogP contribution in [0.25, 0.3) is 10.4 Å². The molecule has 92 valence electrons. The summed E-state index contributed by atoms with van der Waals surface area (Å²) in [5, 5.41) is 6.45. The lowest BCUT2D eigenvalue weighted by molar-refractivity contribution is -0.144. The number of carbonyl (C=O) groups excluding carboxylic acids is 1. The second-order valence-electron chi connectivity index (χ2n) is 3.68. The van der Waals surface area contributed by atoms with E-state index in [-0.39, 0.29) is 17.9 Å². The average molecular weight is 228 g/mol. The van der Waals surface area contributed by atoms with Crippen LogP contribution in [0.1, 0.15) is 26.7 Å². The third kappa shape index (κ3) is 5.58. The Balaban J connectivity index is 4.19. The predicted molar refractivity (Wildman–Crippen MR) is 61.9 cm³/mol. The number of hydrogen-bond acceptors (Lipinski definition) is 4. The van der Waals surface area contributed by atoms with Gasteiger partial charge in [0.15, 0.2) is 0 Å². The van der Waals surface area contributed by atoms with E-state index in [2.05, 4.69) is 22.3 Å². The van der Waals surface area contributed by atoms with Crippen LogP contribution in [0.3, 0.4) is 0 Å². The van der Waals surface area contributed by atoms with Crippen molar-refractivity contribution < 1.29 is 9.53 Å². The van der Waals surface area contributed by atoms with E-state index in [4.69, 9.17) is 10.3 Å². The summed E-state index contributed by atoms with van der Waals surface area (Å²) in [6.45, 7) is 4.90. The van der Waals surface area contributed by atoms with Crippen LogP contribution >= 0.6 is 0 Å². The normalized spacial score (nSPS) is 13.7. The molecule has 0 fully saturated rings. The number of ether oxygens (including phenoxy) is 1. The van der Waals surface area contributed by atoms with Crippen molar-refractivity contribution in [3.05, 3.63) is 10.4 Å². The minimum Gasteiger partial charge on any atom is -0.468 e. The molecule has 0 rings (SSSR count). The Morgan fingerprint density at radius 1 is 1.62 bits per heavy atom. The Bertz CT molecular complexity index is 251. The van der Waals surface area contributed by atoms with E-state index < -0.39 is 0 Å².